The minimum Gasteiger partial charge on any atom is -0.496 e. The van der Waals surface area contributed by atoms with Gasteiger partial charge in [-0.15, -0.1) is 0 Å². The monoisotopic (exact) mass is 619 g/mol. The molecule has 6 atom stereocenters. The molecule has 0 radical (unpaired) electrons. The molecular formula is C34H46FN7O3. The number of halogens is 1. The molecule has 3 fully saturated rings. The van der Waals surface area contributed by atoms with E-state index in [1.807, 2.05) is 41.6 Å². The Hall–Kier alpha value is -3.54. The molecule has 4 unspecified atom stereocenters. The number of amides is 2. The number of carbonyl (C=O) groups excluding carboxylic acids is 2. The fourth-order valence-electron chi connectivity index (χ4n) is 7.75. The number of likely N-dealkylation sites (tertiary alicyclic amines) is 1. The van der Waals surface area contributed by atoms with Gasteiger partial charge in [-0.3, -0.25) is 24.6 Å². The Morgan fingerprint density at radius 1 is 1.11 bits per heavy atom. The second kappa shape index (κ2) is 13.4. The highest BCUT2D eigenvalue weighted by atomic mass is 19.1. The Bertz CT molecular complexity index is 1520. The highest BCUT2D eigenvalue weighted by Crippen LogP contribution is 2.41. The highest BCUT2D eigenvalue weighted by molar-refractivity contribution is 5.82. The number of ether oxygens (including phenoxy) is 1. The molecule has 6 rings (SSSR count). The van der Waals surface area contributed by atoms with E-state index in [0.29, 0.717) is 49.8 Å². The number of likely N-dealkylation sites (N-methyl/N-ethyl adjacent to an activating group) is 1. The number of hydrazine groups is 1. The maximum atomic E-state index is 15.0. The molecule has 3 heterocycles. The molecule has 45 heavy (non-hydrogen) atoms. The molecule has 3 N–H and O–H groups in total. The van der Waals surface area contributed by atoms with Crippen LogP contribution in [0.1, 0.15) is 63.1 Å². The van der Waals surface area contributed by atoms with Crippen LogP contribution in [0.2, 0.25) is 0 Å². The number of aryl methyl sites for hydroxylation is 1. The molecule has 1 aliphatic carbocycles. The zero-order chi connectivity index (χ0) is 31.7. The van der Waals surface area contributed by atoms with Crippen molar-refractivity contribution in [2.45, 2.75) is 76.7 Å². The summed E-state index contributed by atoms with van der Waals surface area (Å²) >= 11 is 0. The second-order valence-electron chi connectivity index (χ2n) is 12.8. The molecular weight excluding hydrogens is 573 g/mol. The summed E-state index contributed by atoms with van der Waals surface area (Å²) in [4.78, 5) is 31.2. The van der Waals surface area contributed by atoms with Crippen LogP contribution in [0, 0.1) is 17.7 Å². The van der Waals surface area contributed by atoms with Gasteiger partial charge in [0.15, 0.2) is 0 Å². The van der Waals surface area contributed by atoms with Crippen molar-refractivity contribution in [3.05, 3.63) is 59.5 Å². The summed E-state index contributed by atoms with van der Waals surface area (Å²) in [6.45, 7) is 5.89. The average molecular weight is 620 g/mol. The number of nitrogens with zero attached hydrogens (tertiary/aromatic N) is 4. The number of hydrogen-bond acceptors (Lipinski definition) is 7. The number of aromatic nitrogens is 2. The summed E-state index contributed by atoms with van der Waals surface area (Å²) in [6, 6.07) is 11.1. The van der Waals surface area contributed by atoms with Gasteiger partial charge in [0.05, 0.1) is 24.7 Å². The summed E-state index contributed by atoms with van der Waals surface area (Å²) in [5.74, 6) is 0.424. The largest absolute Gasteiger partial charge is 0.496 e. The minimum absolute atomic E-state index is 0.0511. The van der Waals surface area contributed by atoms with E-state index in [9.17, 15) is 9.59 Å². The number of fused-ring (bicyclic) bond motifs is 2. The lowest BCUT2D eigenvalue weighted by atomic mass is 9.74. The van der Waals surface area contributed by atoms with Crippen LogP contribution in [0.4, 0.5) is 4.39 Å². The van der Waals surface area contributed by atoms with Crippen LogP contribution < -0.4 is 20.9 Å². The standard InChI is InChI=1S/C34H46FN7O3/c1-5-41(6-2)34(44)30-15-12-24(19-42(30)20-26-27(35)8-7-9-31(26)45-4)36-33(43)22-11-14-29-25(17-22)32(38-37-29)21-10-13-28-23(16-21)18-40(3)39-28/h7-10,13,16,18,22,24-25,29-30,32,37-38H,5-6,11-12,14-15,17,19-20H2,1-4H3,(H,36,43)/t22?,24-,25?,29?,30+,32?/m1/s1. The van der Waals surface area contributed by atoms with Crippen LogP contribution in [0.15, 0.2) is 42.6 Å². The Balaban J connectivity index is 1.15. The average Bonchev–Trinajstić information content (AvgIpc) is 3.64. The first-order valence-corrected chi connectivity index (χ1v) is 16.4. The Morgan fingerprint density at radius 3 is 2.71 bits per heavy atom. The molecule has 1 saturated carbocycles. The first kappa shape index (κ1) is 31.4. The maximum Gasteiger partial charge on any atom is 0.239 e. The van der Waals surface area contributed by atoms with Gasteiger partial charge in [0.1, 0.15) is 11.6 Å². The van der Waals surface area contributed by atoms with Crippen molar-refractivity contribution in [2.75, 3.05) is 26.7 Å². The van der Waals surface area contributed by atoms with Crippen molar-refractivity contribution >= 4 is 22.7 Å². The van der Waals surface area contributed by atoms with E-state index >= 15 is 4.39 Å². The maximum absolute atomic E-state index is 15.0. The van der Waals surface area contributed by atoms with Crippen molar-refractivity contribution in [1.82, 2.24) is 35.7 Å². The fraction of sp³-hybridized carbons (Fsp3) is 0.559. The Kier molecular flexibility index (Phi) is 9.39. The van der Waals surface area contributed by atoms with Gasteiger partial charge in [0.25, 0.3) is 0 Å². The van der Waals surface area contributed by atoms with E-state index in [1.165, 1.54) is 18.7 Å². The van der Waals surface area contributed by atoms with E-state index < -0.39 is 0 Å². The van der Waals surface area contributed by atoms with E-state index in [-0.39, 0.29) is 54.1 Å². The zero-order valence-corrected chi connectivity index (χ0v) is 26.8. The Morgan fingerprint density at radius 2 is 1.93 bits per heavy atom. The molecule has 0 spiro atoms. The van der Waals surface area contributed by atoms with Gasteiger partial charge >= 0.3 is 0 Å². The molecule has 2 aromatic carbocycles. The van der Waals surface area contributed by atoms with Gasteiger partial charge in [0, 0.05) is 68.4 Å². The summed E-state index contributed by atoms with van der Waals surface area (Å²) in [5, 5.41) is 8.96. The van der Waals surface area contributed by atoms with Gasteiger partial charge in [-0.25, -0.2) is 9.82 Å². The first-order valence-electron chi connectivity index (χ1n) is 16.4. The molecule has 11 heteroatoms. The third-order valence-electron chi connectivity index (χ3n) is 10.2. The van der Waals surface area contributed by atoms with Gasteiger partial charge in [-0.2, -0.15) is 5.10 Å². The van der Waals surface area contributed by atoms with Crippen LogP contribution in [-0.2, 0) is 23.2 Å². The number of hydrogen-bond donors (Lipinski definition) is 3. The number of nitrogens with one attached hydrogen (secondary N) is 3. The van der Waals surface area contributed by atoms with E-state index in [2.05, 4.69) is 39.5 Å². The molecule has 3 aromatic rings. The zero-order valence-electron chi connectivity index (χ0n) is 26.8. The van der Waals surface area contributed by atoms with Crippen LogP contribution in [0.25, 0.3) is 10.9 Å². The fourth-order valence-corrected chi connectivity index (χ4v) is 7.75. The molecule has 1 aromatic heterocycles. The van der Waals surface area contributed by atoms with Crippen molar-refractivity contribution < 1.29 is 18.7 Å². The van der Waals surface area contributed by atoms with Crippen LogP contribution in [-0.4, -0.2) is 76.3 Å². The lowest BCUT2D eigenvalue weighted by Crippen LogP contribution is -2.57. The third-order valence-corrected chi connectivity index (χ3v) is 10.2. The number of piperidine rings is 1. The van der Waals surface area contributed by atoms with E-state index in [1.54, 1.807) is 12.1 Å². The summed E-state index contributed by atoms with van der Waals surface area (Å²) in [5.41, 5.74) is 9.61. The lowest BCUT2D eigenvalue weighted by Gasteiger charge is -2.41. The Labute approximate surface area is 264 Å². The van der Waals surface area contributed by atoms with E-state index in [0.717, 1.165) is 30.2 Å². The number of rotatable bonds is 9. The normalized spacial score (nSPS) is 26.9. The van der Waals surface area contributed by atoms with Gasteiger partial charge in [-0.1, -0.05) is 12.1 Å². The van der Waals surface area contributed by atoms with Gasteiger partial charge in [0.2, 0.25) is 11.8 Å². The highest BCUT2D eigenvalue weighted by Gasteiger charge is 2.43. The third kappa shape index (κ3) is 6.43. The molecule has 10 nitrogen and oxygen atoms in total. The van der Waals surface area contributed by atoms with Gasteiger partial charge < -0.3 is 15.0 Å². The summed E-state index contributed by atoms with van der Waals surface area (Å²) in [6.07, 6.45) is 5.86. The molecule has 2 saturated heterocycles. The molecule has 0 bridgehead atoms. The second-order valence-corrected chi connectivity index (χ2v) is 12.8. The van der Waals surface area contributed by atoms with Crippen molar-refractivity contribution in [2.24, 2.45) is 18.9 Å². The summed E-state index contributed by atoms with van der Waals surface area (Å²) in [7, 11) is 3.46. The molecule has 2 amide bonds. The number of carbonyl (C=O) groups is 2. The van der Waals surface area contributed by atoms with Crippen LogP contribution in [0.5, 0.6) is 5.75 Å². The smallest absolute Gasteiger partial charge is 0.239 e. The topological polar surface area (TPSA) is 104 Å². The van der Waals surface area contributed by atoms with Crippen LogP contribution >= 0.6 is 0 Å². The quantitative estimate of drug-likeness (QED) is 0.336. The predicted octanol–water partition coefficient (Wildman–Crippen LogP) is 3.67. The lowest BCUT2D eigenvalue weighted by molar-refractivity contribution is -0.138. The number of methoxy groups -OCH3 is 1. The van der Waals surface area contributed by atoms with Crippen molar-refractivity contribution in [3.63, 3.8) is 0 Å². The van der Waals surface area contributed by atoms with Crippen molar-refractivity contribution in [1.29, 1.82) is 0 Å². The number of benzene rings is 2. The molecule has 2 aliphatic heterocycles. The molecule has 3 aliphatic rings. The van der Waals surface area contributed by atoms with Gasteiger partial charge in [-0.05, 0) is 81.7 Å². The summed E-state index contributed by atoms with van der Waals surface area (Å²) < 4.78 is 22.3. The predicted molar refractivity (Wildman–Crippen MR) is 171 cm³/mol. The van der Waals surface area contributed by atoms with Crippen LogP contribution in [0.3, 0.4) is 0 Å². The molecule has 242 valence electrons. The minimum atomic E-state index is -0.383. The first-order chi connectivity index (χ1) is 21.8. The van der Waals surface area contributed by atoms with E-state index in [4.69, 9.17) is 4.74 Å². The SMILES string of the molecule is CCN(CC)C(=O)[C@@H]1CC[C@@H](NC(=O)C2CCC3NNC(c4ccc5nn(C)cc5c4)C3C2)CN1Cc1c(F)cccc1OC. The van der Waals surface area contributed by atoms with Crippen molar-refractivity contribution in [3.8, 4) is 5.75 Å².